The Labute approximate surface area is 145 Å². The third-order valence-electron chi connectivity index (χ3n) is 3.58. The van der Waals surface area contributed by atoms with Gasteiger partial charge in [-0.15, -0.1) is 0 Å². The average molecular weight is 345 g/mol. The van der Waals surface area contributed by atoms with Crippen LogP contribution in [0.25, 0.3) is 0 Å². The maximum absolute atomic E-state index is 12.8. The Bertz CT molecular complexity index is 730. The van der Waals surface area contributed by atoms with Crippen molar-refractivity contribution in [1.29, 1.82) is 0 Å². The number of esters is 1. The van der Waals surface area contributed by atoms with Crippen LogP contribution in [-0.4, -0.2) is 25.1 Å². The third kappa shape index (κ3) is 5.60. The highest BCUT2D eigenvalue weighted by Crippen LogP contribution is 2.19. The van der Waals surface area contributed by atoms with E-state index in [1.165, 1.54) is 31.2 Å². The lowest BCUT2D eigenvalue weighted by atomic mass is 10.1. The van der Waals surface area contributed by atoms with Gasteiger partial charge in [0, 0.05) is 12.1 Å². The molecule has 0 aromatic heterocycles. The minimum atomic E-state index is -0.949. The number of nitrogens with one attached hydrogen (secondary N) is 1. The summed E-state index contributed by atoms with van der Waals surface area (Å²) in [6.45, 7) is 1.49. The number of halogens is 1. The molecule has 0 radical (unpaired) electrons. The molecular formula is C19H20FNO4. The van der Waals surface area contributed by atoms with Gasteiger partial charge in [0.15, 0.2) is 6.10 Å². The monoisotopic (exact) mass is 345 g/mol. The molecule has 0 heterocycles. The molecule has 2 rings (SSSR count). The summed E-state index contributed by atoms with van der Waals surface area (Å²) in [6.07, 6.45) is -0.362. The molecule has 0 saturated carbocycles. The van der Waals surface area contributed by atoms with Crippen LogP contribution in [0.5, 0.6) is 5.75 Å². The van der Waals surface area contributed by atoms with Gasteiger partial charge in [0.1, 0.15) is 11.6 Å². The van der Waals surface area contributed by atoms with Crippen LogP contribution < -0.4 is 10.1 Å². The van der Waals surface area contributed by atoms with Gasteiger partial charge < -0.3 is 14.8 Å². The molecule has 0 aliphatic carbocycles. The molecular weight excluding hydrogens is 325 g/mol. The van der Waals surface area contributed by atoms with Crippen molar-refractivity contribution >= 4 is 17.6 Å². The molecule has 1 amide bonds. The molecule has 132 valence electrons. The number of carbonyl (C=O) groups excluding carboxylic acids is 2. The Balaban J connectivity index is 1.82. The van der Waals surface area contributed by atoms with Crippen molar-refractivity contribution in [2.24, 2.45) is 0 Å². The van der Waals surface area contributed by atoms with Crippen LogP contribution in [0.2, 0.25) is 0 Å². The fraction of sp³-hybridized carbons (Fsp3) is 0.263. The second-order valence-corrected chi connectivity index (χ2v) is 5.44. The Morgan fingerprint density at radius 3 is 2.48 bits per heavy atom. The lowest BCUT2D eigenvalue weighted by Crippen LogP contribution is -2.30. The second-order valence-electron chi connectivity index (χ2n) is 5.44. The number of hydrogen-bond donors (Lipinski definition) is 1. The van der Waals surface area contributed by atoms with Gasteiger partial charge in [0.05, 0.1) is 7.11 Å². The Kier molecular flexibility index (Phi) is 6.51. The lowest BCUT2D eigenvalue weighted by molar-refractivity contribution is -0.153. The number of methoxy groups -OCH3 is 1. The van der Waals surface area contributed by atoms with E-state index in [0.29, 0.717) is 17.9 Å². The van der Waals surface area contributed by atoms with E-state index in [4.69, 9.17) is 9.47 Å². The molecule has 0 saturated heterocycles. The Morgan fingerprint density at radius 2 is 1.80 bits per heavy atom. The molecule has 5 nitrogen and oxygen atoms in total. The summed E-state index contributed by atoms with van der Waals surface area (Å²) < 4.78 is 23.2. The van der Waals surface area contributed by atoms with Crippen LogP contribution >= 0.6 is 0 Å². The fourth-order valence-corrected chi connectivity index (χ4v) is 2.23. The van der Waals surface area contributed by atoms with E-state index in [9.17, 15) is 14.0 Å². The Hall–Kier alpha value is -2.89. The predicted molar refractivity (Wildman–Crippen MR) is 91.9 cm³/mol. The quantitative estimate of drug-likeness (QED) is 0.782. The minimum Gasteiger partial charge on any atom is -0.496 e. The van der Waals surface area contributed by atoms with E-state index in [1.807, 2.05) is 24.3 Å². The molecule has 1 N–H and O–H groups in total. The minimum absolute atomic E-state index is 0.133. The highest BCUT2D eigenvalue weighted by atomic mass is 19.1. The molecule has 0 fully saturated rings. The number of hydrogen-bond acceptors (Lipinski definition) is 4. The molecule has 0 aliphatic rings. The topological polar surface area (TPSA) is 64.6 Å². The zero-order valence-corrected chi connectivity index (χ0v) is 14.1. The van der Waals surface area contributed by atoms with Crippen LogP contribution in [-0.2, 0) is 20.7 Å². The normalized spacial score (nSPS) is 11.5. The number of amides is 1. The summed E-state index contributed by atoms with van der Waals surface area (Å²) in [5.41, 5.74) is 1.33. The summed E-state index contributed by atoms with van der Waals surface area (Å²) in [7, 11) is 1.57. The number of carbonyl (C=O) groups is 2. The maximum Gasteiger partial charge on any atom is 0.306 e. The molecule has 0 bridgehead atoms. The fourth-order valence-electron chi connectivity index (χ4n) is 2.23. The summed E-state index contributed by atoms with van der Waals surface area (Å²) >= 11 is 0. The van der Waals surface area contributed by atoms with Crippen LogP contribution in [0.4, 0.5) is 10.1 Å². The van der Waals surface area contributed by atoms with Crippen molar-refractivity contribution in [1.82, 2.24) is 0 Å². The predicted octanol–water partition coefficient (Wildman–Crippen LogP) is 3.34. The maximum atomic E-state index is 12.8. The van der Waals surface area contributed by atoms with Gasteiger partial charge in [-0.25, -0.2) is 4.39 Å². The summed E-state index contributed by atoms with van der Waals surface area (Å²) in [5, 5.41) is 2.56. The van der Waals surface area contributed by atoms with Gasteiger partial charge in [0.25, 0.3) is 5.91 Å². The van der Waals surface area contributed by atoms with Crippen molar-refractivity contribution in [2.75, 3.05) is 12.4 Å². The van der Waals surface area contributed by atoms with E-state index in [0.717, 1.165) is 5.56 Å². The largest absolute Gasteiger partial charge is 0.496 e. The van der Waals surface area contributed by atoms with Crippen molar-refractivity contribution in [2.45, 2.75) is 25.9 Å². The highest BCUT2D eigenvalue weighted by Gasteiger charge is 2.18. The number of ether oxygens (including phenoxy) is 2. The molecule has 0 aliphatic heterocycles. The molecule has 6 heteroatoms. The first-order valence-electron chi connectivity index (χ1n) is 7.87. The molecule has 25 heavy (non-hydrogen) atoms. The van der Waals surface area contributed by atoms with Gasteiger partial charge >= 0.3 is 5.97 Å². The van der Waals surface area contributed by atoms with Gasteiger partial charge in [-0.2, -0.15) is 0 Å². The van der Waals surface area contributed by atoms with E-state index < -0.39 is 23.8 Å². The first-order chi connectivity index (χ1) is 12.0. The number of rotatable bonds is 7. The molecule has 1 atom stereocenters. The van der Waals surface area contributed by atoms with Gasteiger partial charge in [-0.3, -0.25) is 9.59 Å². The lowest BCUT2D eigenvalue weighted by Gasteiger charge is -2.14. The van der Waals surface area contributed by atoms with E-state index in [-0.39, 0.29) is 6.42 Å². The zero-order chi connectivity index (χ0) is 18.2. The molecule has 0 unspecified atom stereocenters. The van der Waals surface area contributed by atoms with Gasteiger partial charge in [-0.1, -0.05) is 18.2 Å². The molecule has 2 aromatic carbocycles. The van der Waals surface area contributed by atoms with Crippen molar-refractivity contribution in [3.8, 4) is 5.75 Å². The number of anilines is 1. The first-order valence-corrected chi connectivity index (χ1v) is 7.87. The summed E-state index contributed by atoms with van der Waals surface area (Å²) in [5.74, 6) is -0.642. The Morgan fingerprint density at radius 1 is 1.12 bits per heavy atom. The number of benzene rings is 2. The van der Waals surface area contributed by atoms with Crippen molar-refractivity contribution < 1.29 is 23.5 Å². The summed E-state index contributed by atoms with van der Waals surface area (Å²) in [6, 6.07) is 12.7. The van der Waals surface area contributed by atoms with Gasteiger partial charge in [-0.05, 0) is 49.2 Å². The van der Waals surface area contributed by atoms with E-state index in [2.05, 4.69) is 5.32 Å². The van der Waals surface area contributed by atoms with E-state index >= 15 is 0 Å². The van der Waals surface area contributed by atoms with Crippen molar-refractivity contribution in [3.05, 3.63) is 59.9 Å². The summed E-state index contributed by atoms with van der Waals surface area (Å²) in [4.78, 5) is 23.9. The zero-order valence-electron chi connectivity index (χ0n) is 14.1. The van der Waals surface area contributed by atoms with Crippen LogP contribution in [0, 0.1) is 5.82 Å². The second kappa shape index (κ2) is 8.82. The van der Waals surface area contributed by atoms with Crippen LogP contribution in [0.1, 0.15) is 18.9 Å². The highest BCUT2D eigenvalue weighted by molar-refractivity contribution is 5.95. The average Bonchev–Trinajstić information content (AvgIpc) is 2.62. The van der Waals surface area contributed by atoms with Crippen molar-refractivity contribution in [3.63, 3.8) is 0 Å². The standard InChI is InChI=1S/C19H20FNO4/c1-13(19(23)21-16-10-8-15(20)9-11-16)25-18(22)12-7-14-5-3-4-6-17(14)24-2/h3-6,8-11,13H,7,12H2,1-2H3,(H,21,23)/t13-/m0/s1. The van der Waals surface area contributed by atoms with Crippen LogP contribution in [0.3, 0.4) is 0 Å². The van der Waals surface area contributed by atoms with Gasteiger partial charge in [0.2, 0.25) is 0 Å². The number of aryl methyl sites for hydroxylation is 1. The van der Waals surface area contributed by atoms with E-state index in [1.54, 1.807) is 7.11 Å². The molecule has 2 aromatic rings. The smallest absolute Gasteiger partial charge is 0.306 e. The SMILES string of the molecule is COc1ccccc1CCC(=O)O[C@@H](C)C(=O)Nc1ccc(F)cc1. The first kappa shape index (κ1) is 18.4. The molecule has 0 spiro atoms. The van der Waals surface area contributed by atoms with Crippen LogP contribution in [0.15, 0.2) is 48.5 Å². The number of para-hydroxylation sites is 1. The third-order valence-corrected chi connectivity index (χ3v) is 3.58.